The van der Waals surface area contributed by atoms with E-state index < -0.39 is 16.2 Å². The summed E-state index contributed by atoms with van der Waals surface area (Å²) in [4.78, 5) is 2.54. The topological polar surface area (TPSA) is 40.6 Å². The summed E-state index contributed by atoms with van der Waals surface area (Å²) in [7, 11) is -3.77. The molecule has 0 saturated carbocycles. The minimum absolute atomic E-state index is 0.223. The van der Waals surface area contributed by atoms with Crippen molar-refractivity contribution in [2.75, 3.05) is 11.4 Å². The second-order valence-corrected chi connectivity index (χ2v) is 10.6. The van der Waals surface area contributed by atoms with E-state index >= 15 is 0 Å². The Morgan fingerprint density at radius 3 is 1.91 bits per heavy atom. The molecule has 0 radical (unpaired) electrons. The molecular formula is C29H28N2O2S. The fourth-order valence-electron chi connectivity index (χ4n) is 4.76. The standard InChI is InChI=1S/C29H28N2O2S/c1-23-17-19-28(20-18-23)34(32,33)31-27(21-24-11-5-2-6-12-24)22-30(26-15-9-4-10-16-26)29(31)25-13-7-3-8-14-25/h2-20,27,29H,21-22H2,1H3/t27-,29+/m0/s1. The van der Waals surface area contributed by atoms with Crippen molar-refractivity contribution in [1.82, 2.24) is 4.31 Å². The number of sulfonamides is 1. The lowest BCUT2D eigenvalue weighted by molar-refractivity contribution is 0.327. The van der Waals surface area contributed by atoms with Gasteiger partial charge in [-0.15, -0.1) is 0 Å². The third-order valence-corrected chi connectivity index (χ3v) is 8.32. The van der Waals surface area contributed by atoms with Gasteiger partial charge in [0.15, 0.2) is 0 Å². The molecule has 5 rings (SSSR count). The molecule has 1 fully saturated rings. The number of aryl methyl sites for hydroxylation is 1. The maximum absolute atomic E-state index is 14.2. The van der Waals surface area contributed by atoms with Crippen LogP contribution in [0.3, 0.4) is 0 Å². The predicted octanol–water partition coefficient (Wildman–Crippen LogP) is 5.82. The molecule has 1 aliphatic rings. The lowest BCUT2D eigenvalue weighted by Gasteiger charge is -2.32. The average molecular weight is 469 g/mol. The first-order chi connectivity index (χ1) is 16.5. The number of benzene rings is 4. The van der Waals surface area contributed by atoms with Crippen LogP contribution >= 0.6 is 0 Å². The van der Waals surface area contributed by atoms with Gasteiger partial charge in [-0.3, -0.25) is 0 Å². The molecule has 0 spiro atoms. The molecule has 0 bridgehead atoms. The zero-order valence-corrected chi connectivity index (χ0v) is 20.0. The van der Waals surface area contributed by atoms with Crippen molar-refractivity contribution in [1.29, 1.82) is 0 Å². The van der Waals surface area contributed by atoms with Gasteiger partial charge in [0, 0.05) is 18.3 Å². The highest BCUT2D eigenvalue weighted by Gasteiger charge is 2.47. The van der Waals surface area contributed by atoms with E-state index in [2.05, 4.69) is 29.2 Å². The third kappa shape index (κ3) is 4.37. The van der Waals surface area contributed by atoms with Crippen molar-refractivity contribution < 1.29 is 8.42 Å². The Hall–Kier alpha value is -3.41. The van der Waals surface area contributed by atoms with Gasteiger partial charge in [-0.25, -0.2) is 8.42 Å². The van der Waals surface area contributed by atoms with Gasteiger partial charge in [0.2, 0.25) is 10.0 Å². The molecule has 5 heteroatoms. The van der Waals surface area contributed by atoms with Crippen LogP contribution in [-0.4, -0.2) is 25.3 Å². The monoisotopic (exact) mass is 468 g/mol. The Bertz CT molecular complexity index is 1330. The van der Waals surface area contributed by atoms with E-state index in [4.69, 9.17) is 0 Å². The van der Waals surface area contributed by atoms with Crippen LogP contribution < -0.4 is 4.90 Å². The number of rotatable bonds is 6. The van der Waals surface area contributed by atoms with E-state index in [1.165, 1.54) is 0 Å². The lowest BCUT2D eigenvalue weighted by atomic mass is 10.1. The van der Waals surface area contributed by atoms with Gasteiger partial charge in [-0.05, 0) is 48.7 Å². The van der Waals surface area contributed by atoms with E-state index in [0.29, 0.717) is 17.9 Å². The molecule has 172 valence electrons. The number of hydrogen-bond donors (Lipinski definition) is 0. The van der Waals surface area contributed by atoms with Gasteiger partial charge in [-0.2, -0.15) is 4.31 Å². The molecule has 1 heterocycles. The van der Waals surface area contributed by atoms with E-state index in [9.17, 15) is 8.42 Å². The van der Waals surface area contributed by atoms with Crippen LogP contribution in [-0.2, 0) is 16.4 Å². The first kappa shape index (κ1) is 22.4. The first-order valence-electron chi connectivity index (χ1n) is 11.5. The summed E-state index contributed by atoms with van der Waals surface area (Å²) in [5, 5.41) is 0. The molecule has 4 nitrogen and oxygen atoms in total. The molecule has 4 aromatic carbocycles. The molecular weight excluding hydrogens is 440 g/mol. The highest BCUT2D eigenvalue weighted by atomic mass is 32.2. The molecule has 1 saturated heterocycles. The molecule has 0 aromatic heterocycles. The molecule has 0 aliphatic carbocycles. The van der Waals surface area contributed by atoms with Crippen LogP contribution in [0.5, 0.6) is 0 Å². The largest absolute Gasteiger partial charge is 0.349 e. The quantitative estimate of drug-likeness (QED) is 0.358. The van der Waals surface area contributed by atoms with Crippen molar-refractivity contribution in [3.05, 3.63) is 132 Å². The SMILES string of the molecule is Cc1ccc(S(=O)(=O)N2[C@@H](Cc3ccccc3)CN(c3ccccc3)[C@H]2c2ccccc2)cc1. The Morgan fingerprint density at radius 1 is 0.735 bits per heavy atom. The number of para-hydroxylation sites is 1. The van der Waals surface area contributed by atoms with Crippen molar-refractivity contribution in [2.24, 2.45) is 0 Å². The zero-order chi connectivity index (χ0) is 23.5. The van der Waals surface area contributed by atoms with Crippen LogP contribution in [0.4, 0.5) is 5.69 Å². The summed E-state index contributed by atoms with van der Waals surface area (Å²) in [5.41, 5.74) is 4.12. The van der Waals surface area contributed by atoms with Crippen molar-refractivity contribution in [3.63, 3.8) is 0 Å². The summed E-state index contributed by atoms with van der Waals surface area (Å²) in [6, 6.07) is 37.1. The summed E-state index contributed by atoms with van der Waals surface area (Å²) >= 11 is 0. The van der Waals surface area contributed by atoms with Crippen LogP contribution in [0.25, 0.3) is 0 Å². The number of anilines is 1. The van der Waals surface area contributed by atoms with Crippen LogP contribution in [0.15, 0.2) is 120 Å². The minimum atomic E-state index is -3.77. The normalized spacial score (nSPS) is 18.8. The van der Waals surface area contributed by atoms with Gasteiger partial charge in [0.1, 0.15) is 6.17 Å². The first-order valence-corrected chi connectivity index (χ1v) is 13.0. The number of nitrogens with zero attached hydrogens (tertiary/aromatic N) is 2. The Balaban J connectivity index is 1.66. The van der Waals surface area contributed by atoms with Gasteiger partial charge < -0.3 is 4.90 Å². The van der Waals surface area contributed by atoms with E-state index in [1.54, 1.807) is 16.4 Å². The summed E-state index contributed by atoms with van der Waals surface area (Å²) in [6.07, 6.45) is 0.196. The van der Waals surface area contributed by atoms with Crippen LogP contribution in [0.2, 0.25) is 0 Å². The molecule has 4 aromatic rings. The number of hydrogen-bond acceptors (Lipinski definition) is 3. The summed E-state index contributed by atoms with van der Waals surface area (Å²) in [6.45, 7) is 2.57. The second kappa shape index (κ2) is 9.45. The average Bonchev–Trinajstić information content (AvgIpc) is 3.26. The molecule has 34 heavy (non-hydrogen) atoms. The Kier molecular flexibility index (Phi) is 6.22. The Morgan fingerprint density at radius 2 is 1.29 bits per heavy atom. The van der Waals surface area contributed by atoms with Gasteiger partial charge in [-0.1, -0.05) is 96.6 Å². The molecule has 0 amide bonds. The minimum Gasteiger partial charge on any atom is -0.349 e. The molecule has 1 aliphatic heterocycles. The fourth-order valence-corrected chi connectivity index (χ4v) is 6.52. The summed E-state index contributed by atoms with van der Waals surface area (Å²) < 4.78 is 30.1. The highest BCUT2D eigenvalue weighted by Crippen LogP contribution is 2.42. The van der Waals surface area contributed by atoms with E-state index in [-0.39, 0.29) is 6.04 Å². The predicted molar refractivity (Wildman–Crippen MR) is 137 cm³/mol. The maximum Gasteiger partial charge on any atom is 0.245 e. The van der Waals surface area contributed by atoms with E-state index in [1.807, 2.05) is 85.8 Å². The van der Waals surface area contributed by atoms with Crippen LogP contribution in [0, 0.1) is 6.92 Å². The van der Waals surface area contributed by atoms with Crippen molar-refractivity contribution in [2.45, 2.75) is 30.4 Å². The van der Waals surface area contributed by atoms with E-state index in [0.717, 1.165) is 22.4 Å². The fraction of sp³-hybridized carbons (Fsp3) is 0.172. The molecule has 2 atom stereocenters. The second-order valence-electron chi connectivity index (χ2n) is 8.76. The van der Waals surface area contributed by atoms with Crippen molar-refractivity contribution in [3.8, 4) is 0 Å². The van der Waals surface area contributed by atoms with Gasteiger partial charge in [0.25, 0.3) is 0 Å². The summed E-state index contributed by atoms with van der Waals surface area (Å²) in [5.74, 6) is 0. The van der Waals surface area contributed by atoms with Crippen molar-refractivity contribution >= 4 is 15.7 Å². The van der Waals surface area contributed by atoms with Gasteiger partial charge >= 0.3 is 0 Å². The maximum atomic E-state index is 14.2. The molecule has 0 unspecified atom stereocenters. The Labute approximate surface area is 202 Å². The lowest BCUT2D eigenvalue weighted by Crippen LogP contribution is -2.40. The van der Waals surface area contributed by atoms with Crippen LogP contribution in [0.1, 0.15) is 22.9 Å². The smallest absolute Gasteiger partial charge is 0.245 e. The molecule has 0 N–H and O–H groups in total. The third-order valence-electron chi connectivity index (χ3n) is 6.40. The highest BCUT2D eigenvalue weighted by molar-refractivity contribution is 7.89. The zero-order valence-electron chi connectivity index (χ0n) is 19.2. The van der Waals surface area contributed by atoms with Gasteiger partial charge in [0.05, 0.1) is 4.90 Å².